The van der Waals surface area contributed by atoms with Gasteiger partial charge in [-0.1, -0.05) is 25.4 Å². The second kappa shape index (κ2) is 9.93. The number of nitrogens with zero attached hydrogens (tertiary/aromatic N) is 1. The summed E-state index contributed by atoms with van der Waals surface area (Å²) in [5.74, 6) is 1.26. The van der Waals surface area contributed by atoms with E-state index in [2.05, 4.69) is 18.7 Å². The lowest BCUT2D eigenvalue weighted by molar-refractivity contribution is 0.201. The van der Waals surface area contributed by atoms with Crippen LogP contribution in [0.15, 0.2) is 12.1 Å². The maximum Gasteiger partial charge on any atom is 0.179 e. The van der Waals surface area contributed by atoms with Crippen molar-refractivity contribution in [3.63, 3.8) is 0 Å². The molecule has 1 aromatic carbocycles. The van der Waals surface area contributed by atoms with Crippen LogP contribution < -0.4 is 15.2 Å². The van der Waals surface area contributed by atoms with Gasteiger partial charge < -0.3 is 15.2 Å². The van der Waals surface area contributed by atoms with Gasteiger partial charge in [0.15, 0.2) is 11.5 Å². The third-order valence-corrected chi connectivity index (χ3v) is 3.89. The summed E-state index contributed by atoms with van der Waals surface area (Å²) in [6.45, 7) is 9.46. The van der Waals surface area contributed by atoms with Crippen LogP contribution in [0.5, 0.6) is 11.5 Å². The van der Waals surface area contributed by atoms with Gasteiger partial charge in [0.2, 0.25) is 0 Å². The van der Waals surface area contributed by atoms with E-state index in [1.165, 1.54) is 0 Å². The van der Waals surface area contributed by atoms with E-state index in [0.717, 1.165) is 31.5 Å². The Bertz CT molecular complexity index is 449. The molecule has 0 saturated heterocycles. The average molecular weight is 329 g/mol. The molecule has 0 spiro atoms. The lowest BCUT2D eigenvalue weighted by Gasteiger charge is -2.31. The number of hydrogen-bond donors (Lipinski definition) is 1. The van der Waals surface area contributed by atoms with Crippen molar-refractivity contribution in [2.24, 2.45) is 5.73 Å². The van der Waals surface area contributed by atoms with Crippen molar-refractivity contribution in [1.82, 2.24) is 4.90 Å². The Morgan fingerprint density at radius 1 is 1.18 bits per heavy atom. The summed E-state index contributed by atoms with van der Waals surface area (Å²) >= 11 is 6.37. The van der Waals surface area contributed by atoms with Crippen LogP contribution in [0.25, 0.3) is 0 Å². The van der Waals surface area contributed by atoms with Gasteiger partial charge in [0.25, 0.3) is 0 Å². The molecule has 1 aromatic rings. The van der Waals surface area contributed by atoms with Gasteiger partial charge in [0.1, 0.15) is 0 Å². The maximum absolute atomic E-state index is 6.37. The molecular formula is C17H29ClN2O2. The standard InChI is InChI=1S/C17H29ClN2O2/c1-5-8-20(9-6-2)15(12-19)13-10-14(18)17(21-4)16(11-13)22-7-3/h10-11,15H,5-9,12,19H2,1-4H3. The molecule has 126 valence electrons. The average Bonchev–Trinajstić information content (AvgIpc) is 2.48. The highest BCUT2D eigenvalue weighted by molar-refractivity contribution is 6.32. The van der Waals surface area contributed by atoms with Crippen LogP contribution in [0, 0.1) is 0 Å². The molecular weight excluding hydrogens is 300 g/mol. The number of methoxy groups -OCH3 is 1. The summed E-state index contributed by atoms with van der Waals surface area (Å²) in [6, 6.07) is 4.09. The van der Waals surface area contributed by atoms with Gasteiger partial charge in [0.05, 0.1) is 18.7 Å². The van der Waals surface area contributed by atoms with Crippen LogP contribution in [-0.2, 0) is 0 Å². The molecule has 0 aromatic heterocycles. The molecule has 1 rings (SSSR count). The number of halogens is 1. The molecule has 0 bridgehead atoms. The lowest BCUT2D eigenvalue weighted by atomic mass is 10.0. The summed E-state index contributed by atoms with van der Waals surface area (Å²) in [7, 11) is 1.60. The van der Waals surface area contributed by atoms with Gasteiger partial charge in [0, 0.05) is 12.6 Å². The molecule has 0 radical (unpaired) electrons. The zero-order valence-electron chi connectivity index (χ0n) is 14.2. The van der Waals surface area contributed by atoms with Crippen LogP contribution in [0.4, 0.5) is 0 Å². The fourth-order valence-electron chi connectivity index (χ4n) is 2.74. The molecule has 0 aliphatic heterocycles. The number of ether oxygens (including phenoxy) is 2. The van der Waals surface area contributed by atoms with E-state index in [1.807, 2.05) is 19.1 Å². The molecule has 0 amide bonds. The molecule has 22 heavy (non-hydrogen) atoms. The Hall–Kier alpha value is -0.970. The molecule has 4 nitrogen and oxygen atoms in total. The van der Waals surface area contributed by atoms with Crippen molar-refractivity contribution in [3.8, 4) is 11.5 Å². The molecule has 0 saturated carbocycles. The Morgan fingerprint density at radius 2 is 1.82 bits per heavy atom. The second-order valence-corrected chi connectivity index (χ2v) is 5.66. The summed E-state index contributed by atoms with van der Waals surface area (Å²) < 4.78 is 11.0. The van der Waals surface area contributed by atoms with Crippen LogP contribution in [0.1, 0.15) is 45.2 Å². The normalized spacial score (nSPS) is 12.5. The topological polar surface area (TPSA) is 47.7 Å². The third kappa shape index (κ3) is 4.77. The molecule has 0 fully saturated rings. The fourth-order valence-corrected chi connectivity index (χ4v) is 3.03. The minimum absolute atomic E-state index is 0.141. The van der Waals surface area contributed by atoms with Crippen molar-refractivity contribution in [1.29, 1.82) is 0 Å². The predicted octanol–water partition coefficient (Wildman–Crippen LogP) is 3.87. The predicted molar refractivity (Wildman–Crippen MR) is 93.1 cm³/mol. The van der Waals surface area contributed by atoms with Gasteiger partial charge in [-0.15, -0.1) is 0 Å². The van der Waals surface area contributed by atoms with Crippen molar-refractivity contribution in [2.45, 2.75) is 39.7 Å². The maximum atomic E-state index is 6.37. The monoisotopic (exact) mass is 328 g/mol. The number of rotatable bonds is 10. The Labute approximate surface area is 139 Å². The highest BCUT2D eigenvalue weighted by Crippen LogP contribution is 2.38. The molecule has 0 aliphatic rings. The first kappa shape index (κ1) is 19.1. The summed E-state index contributed by atoms with van der Waals surface area (Å²) in [4.78, 5) is 2.41. The van der Waals surface area contributed by atoms with Crippen molar-refractivity contribution >= 4 is 11.6 Å². The van der Waals surface area contributed by atoms with Crippen LogP contribution in [0.2, 0.25) is 5.02 Å². The Kier molecular flexibility index (Phi) is 8.61. The van der Waals surface area contributed by atoms with Crippen LogP contribution in [0.3, 0.4) is 0 Å². The first-order valence-corrected chi connectivity index (χ1v) is 8.44. The lowest BCUT2D eigenvalue weighted by Crippen LogP contribution is -2.35. The minimum atomic E-state index is 0.141. The Balaban J connectivity index is 3.19. The van der Waals surface area contributed by atoms with E-state index in [-0.39, 0.29) is 6.04 Å². The van der Waals surface area contributed by atoms with Gasteiger partial charge in [-0.2, -0.15) is 0 Å². The van der Waals surface area contributed by atoms with Gasteiger partial charge in [-0.05, 0) is 50.6 Å². The van der Waals surface area contributed by atoms with E-state index in [1.54, 1.807) is 7.11 Å². The molecule has 2 N–H and O–H groups in total. The highest BCUT2D eigenvalue weighted by Gasteiger charge is 2.21. The SMILES string of the molecule is CCCN(CCC)C(CN)c1cc(Cl)c(OC)c(OCC)c1. The minimum Gasteiger partial charge on any atom is -0.491 e. The molecule has 1 atom stereocenters. The molecule has 5 heteroatoms. The van der Waals surface area contributed by atoms with E-state index in [9.17, 15) is 0 Å². The van der Waals surface area contributed by atoms with Crippen molar-refractivity contribution < 1.29 is 9.47 Å². The molecule has 0 aliphatic carbocycles. The Morgan fingerprint density at radius 3 is 2.27 bits per heavy atom. The van der Waals surface area contributed by atoms with Crippen molar-refractivity contribution in [2.75, 3.05) is 33.4 Å². The zero-order chi connectivity index (χ0) is 16.5. The first-order chi connectivity index (χ1) is 10.6. The van der Waals surface area contributed by atoms with Gasteiger partial charge in [-0.25, -0.2) is 0 Å². The largest absolute Gasteiger partial charge is 0.491 e. The number of benzene rings is 1. The second-order valence-electron chi connectivity index (χ2n) is 5.25. The number of hydrogen-bond acceptors (Lipinski definition) is 4. The van der Waals surface area contributed by atoms with Crippen LogP contribution >= 0.6 is 11.6 Å². The zero-order valence-corrected chi connectivity index (χ0v) is 14.9. The van der Waals surface area contributed by atoms with E-state index < -0.39 is 0 Å². The highest BCUT2D eigenvalue weighted by atomic mass is 35.5. The van der Waals surface area contributed by atoms with Gasteiger partial charge >= 0.3 is 0 Å². The molecule has 1 unspecified atom stereocenters. The smallest absolute Gasteiger partial charge is 0.179 e. The number of nitrogens with two attached hydrogens (primary N) is 1. The van der Waals surface area contributed by atoms with E-state index in [0.29, 0.717) is 29.7 Å². The fraction of sp³-hybridized carbons (Fsp3) is 0.647. The van der Waals surface area contributed by atoms with Crippen LogP contribution in [-0.4, -0.2) is 38.3 Å². The van der Waals surface area contributed by atoms with Gasteiger partial charge in [-0.3, -0.25) is 4.90 Å². The quantitative estimate of drug-likeness (QED) is 0.708. The summed E-state index contributed by atoms with van der Waals surface area (Å²) in [6.07, 6.45) is 2.19. The third-order valence-electron chi connectivity index (χ3n) is 3.61. The molecule has 0 heterocycles. The van der Waals surface area contributed by atoms with E-state index in [4.69, 9.17) is 26.8 Å². The summed E-state index contributed by atoms with van der Waals surface area (Å²) in [5.41, 5.74) is 7.14. The summed E-state index contributed by atoms with van der Waals surface area (Å²) in [5, 5.41) is 0.565. The first-order valence-electron chi connectivity index (χ1n) is 8.07. The van der Waals surface area contributed by atoms with E-state index >= 15 is 0 Å². The van der Waals surface area contributed by atoms with Crippen molar-refractivity contribution in [3.05, 3.63) is 22.7 Å².